The lowest BCUT2D eigenvalue weighted by Crippen LogP contribution is -2.45. The topological polar surface area (TPSA) is 21.3 Å². The van der Waals surface area contributed by atoms with Gasteiger partial charge in [0.2, 0.25) is 0 Å². The standard InChI is InChI=1S/C19H37NO/c1-19(2,13-14-21-3)15-20-18-12-8-7-11-17(18)16-9-5-4-6-10-16/h16-18,20H,4-15H2,1-3H3. The van der Waals surface area contributed by atoms with E-state index in [0.717, 1.165) is 37.5 Å². The molecule has 2 nitrogen and oxygen atoms in total. The molecule has 1 N–H and O–H groups in total. The molecule has 2 saturated carbocycles. The molecule has 2 atom stereocenters. The monoisotopic (exact) mass is 295 g/mol. The summed E-state index contributed by atoms with van der Waals surface area (Å²) in [6, 6.07) is 0.781. The van der Waals surface area contributed by atoms with Gasteiger partial charge in [0.25, 0.3) is 0 Å². The summed E-state index contributed by atoms with van der Waals surface area (Å²) in [5, 5.41) is 3.96. The molecule has 0 amide bonds. The molecule has 0 aromatic rings. The normalized spacial score (nSPS) is 28.7. The molecule has 0 saturated heterocycles. The Hall–Kier alpha value is -0.0800. The maximum Gasteiger partial charge on any atom is 0.0467 e. The fourth-order valence-electron chi connectivity index (χ4n) is 4.41. The summed E-state index contributed by atoms with van der Waals surface area (Å²) in [4.78, 5) is 0. The quantitative estimate of drug-likeness (QED) is 0.730. The van der Waals surface area contributed by atoms with Crippen LogP contribution in [0.2, 0.25) is 0 Å². The molecule has 2 aliphatic rings. The molecule has 2 rings (SSSR count). The maximum atomic E-state index is 5.26. The fourth-order valence-corrected chi connectivity index (χ4v) is 4.41. The predicted octanol–water partition coefficient (Wildman–Crippen LogP) is 4.78. The predicted molar refractivity (Wildman–Crippen MR) is 90.6 cm³/mol. The van der Waals surface area contributed by atoms with E-state index in [0.29, 0.717) is 5.41 Å². The summed E-state index contributed by atoms with van der Waals surface area (Å²) < 4.78 is 5.26. The highest BCUT2D eigenvalue weighted by atomic mass is 16.5. The first-order valence-electron chi connectivity index (χ1n) is 9.35. The number of methoxy groups -OCH3 is 1. The SMILES string of the molecule is COCCC(C)(C)CNC1CCCCC1C1CCCCC1. The van der Waals surface area contributed by atoms with Crippen LogP contribution >= 0.6 is 0 Å². The average Bonchev–Trinajstić information content (AvgIpc) is 2.52. The lowest BCUT2D eigenvalue weighted by Gasteiger charge is -2.41. The van der Waals surface area contributed by atoms with Gasteiger partial charge in [0, 0.05) is 26.3 Å². The molecule has 0 spiro atoms. The van der Waals surface area contributed by atoms with Crippen LogP contribution in [0.4, 0.5) is 0 Å². The van der Waals surface area contributed by atoms with Crippen molar-refractivity contribution in [2.75, 3.05) is 20.3 Å². The van der Waals surface area contributed by atoms with Gasteiger partial charge in [-0.05, 0) is 36.5 Å². The molecule has 21 heavy (non-hydrogen) atoms. The van der Waals surface area contributed by atoms with E-state index in [1.165, 1.54) is 57.8 Å². The van der Waals surface area contributed by atoms with Gasteiger partial charge in [0.05, 0.1) is 0 Å². The Morgan fingerprint density at radius 3 is 2.33 bits per heavy atom. The van der Waals surface area contributed by atoms with Crippen LogP contribution in [0, 0.1) is 17.3 Å². The first kappa shape index (κ1) is 17.3. The van der Waals surface area contributed by atoms with Gasteiger partial charge in [-0.25, -0.2) is 0 Å². The lowest BCUT2D eigenvalue weighted by molar-refractivity contribution is 0.123. The second kappa shape index (κ2) is 8.53. The summed E-state index contributed by atoms with van der Waals surface area (Å²) >= 11 is 0. The lowest BCUT2D eigenvalue weighted by atomic mass is 9.70. The Kier molecular flexibility index (Phi) is 7.01. The van der Waals surface area contributed by atoms with Gasteiger partial charge < -0.3 is 10.1 Å². The zero-order valence-electron chi connectivity index (χ0n) is 14.6. The third-order valence-corrected chi connectivity index (χ3v) is 5.90. The summed E-state index contributed by atoms with van der Waals surface area (Å²) in [5.74, 6) is 1.97. The molecule has 0 aromatic carbocycles. The largest absolute Gasteiger partial charge is 0.385 e. The molecule has 124 valence electrons. The van der Waals surface area contributed by atoms with E-state index in [1.54, 1.807) is 0 Å². The van der Waals surface area contributed by atoms with Gasteiger partial charge in [-0.2, -0.15) is 0 Å². The highest BCUT2D eigenvalue weighted by molar-refractivity contribution is 4.88. The third kappa shape index (κ3) is 5.56. The summed E-state index contributed by atoms with van der Waals surface area (Å²) in [6.45, 7) is 6.77. The van der Waals surface area contributed by atoms with E-state index < -0.39 is 0 Å². The maximum absolute atomic E-state index is 5.26. The number of hydrogen-bond donors (Lipinski definition) is 1. The Morgan fingerprint density at radius 2 is 1.62 bits per heavy atom. The van der Waals surface area contributed by atoms with Crippen LogP contribution in [0.3, 0.4) is 0 Å². The van der Waals surface area contributed by atoms with Gasteiger partial charge in [0.15, 0.2) is 0 Å². The van der Waals surface area contributed by atoms with Crippen LogP contribution in [0.1, 0.15) is 78.1 Å². The van der Waals surface area contributed by atoms with E-state index in [2.05, 4.69) is 19.2 Å². The molecule has 2 fully saturated rings. The Bertz CT molecular complexity index is 283. The van der Waals surface area contributed by atoms with Crippen LogP contribution in [0.25, 0.3) is 0 Å². The number of rotatable bonds is 7. The average molecular weight is 296 g/mol. The van der Waals surface area contributed by atoms with E-state index in [-0.39, 0.29) is 0 Å². The Balaban J connectivity index is 1.83. The van der Waals surface area contributed by atoms with Crippen LogP contribution < -0.4 is 5.32 Å². The molecule has 2 unspecified atom stereocenters. The minimum absolute atomic E-state index is 0.352. The van der Waals surface area contributed by atoms with Crippen molar-refractivity contribution in [3.05, 3.63) is 0 Å². The first-order valence-corrected chi connectivity index (χ1v) is 9.35. The minimum atomic E-state index is 0.352. The Morgan fingerprint density at radius 1 is 0.952 bits per heavy atom. The zero-order valence-corrected chi connectivity index (χ0v) is 14.6. The van der Waals surface area contributed by atoms with Crippen molar-refractivity contribution in [3.8, 4) is 0 Å². The van der Waals surface area contributed by atoms with E-state index in [1.807, 2.05) is 7.11 Å². The van der Waals surface area contributed by atoms with Crippen LogP contribution in [0.5, 0.6) is 0 Å². The van der Waals surface area contributed by atoms with Gasteiger partial charge >= 0.3 is 0 Å². The van der Waals surface area contributed by atoms with Crippen molar-refractivity contribution in [2.45, 2.75) is 84.1 Å². The molecule has 0 aromatic heterocycles. The van der Waals surface area contributed by atoms with Gasteiger partial charge in [0.1, 0.15) is 0 Å². The smallest absolute Gasteiger partial charge is 0.0467 e. The van der Waals surface area contributed by atoms with Gasteiger partial charge in [-0.15, -0.1) is 0 Å². The van der Waals surface area contributed by atoms with Crippen molar-refractivity contribution >= 4 is 0 Å². The van der Waals surface area contributed by atoms with Crippen molar-refractivity contribution in [3.63, 3.8) is 0 Å². The zero-order chi connectivity index (χ0) is 15.1. The van der Waals surface area contributed by atoms with Gasteiger partial charge in [-0.1, -0.05) is 58.8 Å². The van der Waals surface area contributed by atoms with Crippen LogP contribution in [-0.2, 0) is 4.74 Å². The van der Waals surface area contributed by atoms with Crippen LogP contribution in [0.15, 0.2) is 0 Å². The van der Waals surface area contributed by atoms with E-state index >= 15 is 0 Å². The number of nitrogens with one attached hydrogen (secondary N) is 1. The van der Waals surface area contributed by atoms with Crippen molar-refractivity contribution in [2.24, 2.45) is 17.3 Å². The number of ether oxygens (including phenoxy) is 1. The second-order valence-corrected chi connectivity index (χ2v) is 8.24. The number of hydrogen-bond acceptors (Lipinski definition) is 2. The summed E-state index contributed by atoms with van der Waals surface area (Å²) in [7, 11) is 1.81. The third-order valence-electron chi connectivity index (χ3n) is 5.90. The molecule has 0 bridgehead atoms. The molecule has 0 aliphatic heterocycles. The molecular weight excluding hydrogens is 258 g/mol. The highest BCUT2D eigenvalue weighted by Crippen LogP contribution is 2.38. The van der Waals surface area contributed by atoms with Crippen molar-refractivity contribution in [1.82, 2.24) is 5.32 Å². The second-order valence-electron chi connectivity index (χ2n) is 8.24. The molecule has 0 heterocycles. The van der Waals surface area contributed by atoms with Crippen molar-refractivity contribution in [1.29, 1.82) is 0 Å². The summed E-state index contributed by atoms with van der Waals surface area (Å²) in [5.41, 5.74) is 0.352. The molecule has 0 radical (unpaired) electrons. The minimum Gasteiger partial charge on any atom is -0.385 e. The van der Waals surface area contributed by atoms with E-state index in [9.17, 15) is 0 Å². The van der Waals surface area contributed by atoms with Gasteiger partial charge in [-0.3, -0.25) is 0 Å². The molecule has 2 heteroatoms. The highest BCUT2D eigenvalue weighted by Gasteiger charge is 2.33. The van der Waals surface area contributed by atoms with Crippen molar-refractivity contribution < 1.29 is 4.74 Å². The summed E-state index contributed by atoms with van der Waals surface area (Å²) in [6.07, 6.45) is 14.4. The van der Waals surface area contributed by atoms with Crippen LogP contribution in [-0.4, -0.2) is 26.3 Å². The first-order chi connectivity index (χ1) is 10.1. The Labute approximate surface area is 132 Å². The fraction of sp³-hybridized carbons (Fsp3) is 1.00. The molecular formula is C19H37NO. The van der Waals surface area contributed by atoms with E-state index in [4.69, 9.17) is 4.74 Å². The molecule has 2 aliphatic carbocycles.